The predicted octanol–water partition coefficient (Wildman–Crippen LogP) is 2.71. The molecule has 0 aliphatic carbocycles. The number of hydrogen-bond acceptors (Lipinski definition) is 2. The zero-order chi connectivity index (χ0) is 13.1. The maximum atomic E-state index is 12.6. The van der Waals surface area contributed by atoms with Crippen LogP contribution in [0.3, 0.4) is 0 Å². The fraction of sp³-hybridized carbons (Fsp3) is 0.500. The molecular weight excluding hydrogens is 292 g/mol. The maximum Gasteiger partial charge on any atom is 0.254 e. The second-order valence-corrected chi connectivity index (χ2v) is 5.76. The van der Waals surface area contributed by atoms with Crippen LogP contribution in [0.5, 0.6) is 0 Å². The molecule has 2 rings (SSSR count). The lowest BCUT2D eigenvalue weighted by Crippen LogP contribution is -2.47. The number of carbonyl (C=O) groups excluding carboxylic acids is 1. The Labute approximate surface area is 116 Å². The van der Waals surface area contributed by atoms with Crippen molar-refractivity contribution in [3.8, 4) is 0 Å². The first-order chi connectivity index (χ1) is 8.63. The summed E-state index contributed by atoms with van der Waals surface area (Å²) in [6, 6.07) is 5.99. The Balaban J connectivity index is 2.24. The lowest BCUT2D eigenvalue weighted by molar-refractivity contribution is 0.0622. The second kappa shape index (κ2) is 5.85. The molecule has 98 valence electrons. The molecule has 3 nitrogen and oxygen atoms in total. The number of amides is 1. The van der Waals surface area contributed by atoms with Crippen LogP contribution in [0.15, 0.2) is 22.7 Å². The van der Waals surface area contributed by atoms with Gasteiger partial charge >= 0.3 is 0 Å². The molecule has 1 atom stereocenters. The second-order valence-electron chi connectivity index (χ2n) is 4.84. The molecule has 0 spiro atoms. The van der Waals surface area contributed by atoms with Gasteiger partial charge in [0, 0.05) is 29.2 Å². The van der Waals surface area contributed by atoms with E-state index in [-0.39, 0.29) is 11.9 Å². The van der Waals surface area contributed by atoms with E-state index in [0.717, 1.165) is 35.0 Å². The smallest absolute Gasteiger partial charge is 0.254 e. The highest BCUT2D eigenvalue weighted by molar-refractivity contribution is 9.10. The van der Waals surface area contributed by atoms with E-state index in [1.54, 1.807) is 0 Å². The van der Waals surface area contributed by atoms with Crippen molar-refractivity contribution >= 4 is 21.8 Å². The maximum absolute atomic E-state index is 12.6. The first-order valence-corrected chi connectivity index (χ1v) is 7.20. The van der Waals surface area contributed by atoms with Crippen molar-refractivity contribution in [1.82, 2.24) is 4.90 Å². The minimum Gasteiger partial charge on any atom is -0.334 e. The van der Waals surface area contributed by atoms with Crippen LogP contribution in [0, 0.1) is 6.92 Å². The number of aryl methyl sites for hydroxylation is 1. The molecule has 2 N–H and O–H groups in total. The SMILES string of the molecule is Cc1cc(Br)ccc1C(=O)N1CCCCC1CN. The van der Waals surface area contributed by atoms with Crippen LogP contribution >= 0.6 is 15.9 Å². The largest absolute Gasteiger partial charge is 0.334 e. The highest BCUT2D eigenvalue weighted by Crippen LogP contribution is 2.22. The lowest BCUT2D eigenvalue weighted by atomic mass is 9.99. The van der Waals surface area contributed by atoms with Crippen molar-refractivity contribution in [3.05, 3.63) is 33.8 Å². The summed E-state index contributed by atoms with van der Waals surface area (Å²) in [6.07, 6.45) is 3.28. The molecule has 1 aromatic carbocycles. The first kappa shape index (κ1) is 13.6. The van der Waals surface area contributed by atoms with E-state index in [2.05, 4.69) is 15.9 Å². The summed E-state index contributed by atoms with van der Waals surface area (Å²) in [5.41, 5.74) is 7.57. The van der Waals surface area contributed by atoms with Crippen molar-refractivity contribution in [3.63, 3.8) is 0 Å². The normalized spacial score (nSPS) is 19.9. The van der Waals surface area contributed by atoms with Gasteiger partial charge in [0.15, 0.2) is 0 Å². The van der Waals surface area contributed by atoms with Gasteiger partial charge in [-0.2, -0.15) is 0 Å². The van der Waals surface area contributed by atoms with Crippen LogP contribution in [0.2, 0.25) is 0 Å². The first-order valence-electron chi connectivity index (χ1n) is 6.40. The minimum absolute atomic E-state index is 0.121. The molecule has 1 aliphatic heterocycles. The van der Waals surface area contributed by atoms with E-state index < -0.39 is 0 Å². The number of piperidine rings is 1. The highest BCUT2D eigenvalue weighted by Gasteiger charge is 2.27. The zero-order valence-electron chi connectivity index (χ0n) is 10.7. The van der Waals surface area contributed by atoms with Crippen molar-refractivity contribution < 1.29 is 4.79 Å². The molecule has 1 heterocycles. The number of halogens is 1. The van der Waals surface area contributed by atoms with E-state index >= 15 is 0 Å². The van der Waals surface area contributed by atoms with Crippen LogP contribution in [0.4, 0.5) is 0 Å². The van der Waals surface area contributed by atoms with Crippen LogP contribution < -0.4 is 5.73 Å². The van der Waals surface area contributed by atoms with E-state index in [9.17, 15) is 4.79 Å². The van der Waals surface area contributed by atoms with Gasteiger partial charge < -0.3 is 10.6 Å². The molecule has 0 bridgehead atoms. The van der Waals surface area contributed by atoms with Gasteiger partial charge in [-0.1, -0.05) is 15.9 Å². The Kier molecular flexibility index (Phi) is 4.40. The quantitative estimate of drug-likeness (QED) is 0.913. The molecule has 4 heteroatoms. The summed E-state index contributed by atoms with van der Waals surface area (Å²) in [7, 11) is 0. The van der Waals surface area contributed by atoms with E-state index in [4.69, 9.17) is 5.73 Å². The standard InChI is InChI=1S/C14H19BrN2O/c1-10-8-11(15)5-6-13(10)14(18)17-7-3-2-4-12(17)9-16/h5-6,8,12H,2-4,7,9,16H2,1H3. The van der Waals surface area contributed by atoms with Gasteiger partial charge in [-0.3, -0.25) is 4.79 Å². The Hall–Kier alpha value is -0.870. The number of benzene rings is 1. The minimum atomic E-state index is 0.121. The van der Waals surface area contributed by atoms with Crippen molar-refractivity contribution in [2.75, 3.05) is 13.1 Å². The summed E-state index contributed by atoms with van der Waals surface area (Å²) in [4.78, 5) is 14.5. The molecule has 0 radical (unpaired) electrons. The van der Waals surface area contributed by atoms with Crippen LogP contribution in [-0.4, -0.2) is 29.9 Å². The number of nitrogens with two attached hydrogens (primary N) is 1. The molecule has 1 aromatic rings. The van der Waals surface area contributed by atoms with E-state index in [1.807, 2.05) is 30.0 Å². The van der Waals surface area contributed by atoms with Crippen molar-refractivity contribution in [2.45, 2.75) is 32.2 Å². The van der Waals surface area contributed by atoms with Crippen molar-refractivity contribution in [1.29, 1.82) is 0 Å². The average Bonchev–Trinajstić information content (AvgIpc) is 2.38. The van der Waals surface area contributed by atoms with Gasteiger partial charge in [0.05, 0.1) is 0 Å². The van der Waals surface area contributed by atoms with Gasteiger partial charge in [0.1, 0.15) is 0 Å². The summed E-state index contributed by atoms with van der Waals surface area (Å²) < 4.78 is 1.01. The third kappa shape index (κ3) is 2.75. The third-order valence-electron chi connectivity index (χ3n) is 3.58. The number of rotatable bonds is 2. The lowest BCUT2D eigenvalue weighted by Gasteiger charge is -2.35. The van der Waals surface area contributed by atoms with E-state index in [0.29, 0.717) is 6.54 Å². The average molecular weight is 311 g/mol. The molecule has 1 saturated heterocycles. The number of carbonyl (C=O) groups is 1. The number of likely N-dealkylation sites (tertiary alicyclic amines) is 1. The topological polar surface area (TPSA) is 46.3 Å². The predicted molar refractivity (Wildman–Crippen MR) is 76.6 cm³/mol. The van der Waals surface area contributed by atoms with Gasteiger partial charge in [-0.05, 0) is 49.9 Å². The third-order valence-corrected chi connectivity index (χ3v) is 4.07. The summed E-state index contributed by atoms with van der Waals surface area (Å²) in [5.74, 6) is 0.121. The molecular formula is C14H19BrN2O. The van der Waals surface area contributed by atoms with E-state index in [1.165, 1.54) is 6.42 Å². The fourth-order valence-electron chi connectivity index (χ4n) is 2.53. The Morgan fingerprint density at radius 3 is 2.94 bits per heavy atom. The zero-order valence-corrected chi connectivity index (χ0v) is 12.2. The number of nitrogens with zero attached hydrogens (tertiary/aromatic N) is 1. The van der Waals surface area contributed by atoms with Crippen LogP contribution in [-0.2, 0) is 0 Å². The van der Waals surface area contributed by atoms with Gasteiger partial charge in [-0.25, -0.2) is 0 Å². The Bertz CT molecular complexity index is 447. The van der Waals surface area contributed by atoms with Crippen LogP contribution in [0.25, 0.3) is 0 Å². The molecule has 0 aromatic heterocycles. The summed E-state index contributed by atoms with van der Waals surface area (Å²) in [5, 5.41) is 0. The number of hydrogen-bond donors (Lipinski definition) is 1. The molecule has 1 unspecified atom stereocenters. The van der Waals surface area contributed by atoms with Gasteiger partial charge in [0.25, 0.3) is 5.91 Å². The Morgan fingerprint density at radius 1 is 1.50 bits per heavy atom. The fourth-order valence-corrected chi connectivity index (χ4v) is 3.01. The molecule has 1 aliphatic rings. The monoisotopic (exact) mass is 310 g/mol. The summed E-state index contributed by atoms with van der Waals surface area (Å²) in [6.45, 7) is 3.36. The van der Waals surface area contributed by atoms with Crippen molar-refractivity contribution in [2.24, 2.45) is 5.73 Å². The van der Waals surface area contributed by atoms with Crippen LogP contribution in [0.1, 0.15) is 35.2 Å². The molecule has 1 amide bonds. The molecule has 18 heavy (non-hydrogen) atoms. The highest BCUT2D eigenvalue weighted by atomic mass is 79.9. The molecule has 0 saturated carbocycles. The molecule has 1 fully saturated rings. The van der Waals surface area contributed by atoms with Gasteiger partial charge in [-0.15, -0.1) is 0 Å². The van der Waals surface area contributed by atoms with Gasteiger partial charge in [0.2, 0.25) is 0 Å². The summed E-state index contributed by atoms with van der Waals surface area (Å²) >= 11 is 3.42. The Morgan fingerprint density at radius 2 is 2.28 bits per heavy atom.